The van der Waals surface area contributed by atoms with Crippen LogP contribution in [0.15, 0.2) is 30.6 Å². The maximum absolute atomic E-state index is 12.3. The first kappa shape index (κ1) is 22.2. The van der Waals surface area contributed by atoms with Crippen LogP contribution in [0.25, 0.3) is 0 Å². The molecule has 1 aromatic heterocycles. The number of nitrogens with zero attached hydrogens (tertiary/aromatic N) is 4. The summed E-state index contributed by atoms with van der Waals surface area (Å²) in [6, 6.07) is 6.40. The van der Waals surface area contributed by atoms with Gasteiger partial charge < -0.3 is 9.64 Å². The van der Waals surface area contributed by atoms with E-state index in [1.807, 2.05) is 0 Å². The van der Waals surface area contributed by atoms with Gasteiger partial charge in [0.2, 0.25) is 11.6 Å². The molecule has 11 nitrogen and oxygen atoms in total. The smallest absolute Gasteiger partial charge is 0.355 e. The summed E-state index contributed by atoms with van der Waals surface area (Å²) in [7, 11) is 0. The third-order valence-corrected chi connectivity index (χ3v) is 5.14. The molecule has 0 saturated carbocycles. The fourth-order valence-electron chi connectivity index (χ4n) is 3.28. The summed E-state index contributed by atoms with van der Waals surface area (Å²) < 4.78 is 5.05. The molecule has 164 valence electrons. The maximum atomic E-state index is 12.3. The van der Waals surface area contributed by atoms with E-state index in [0.29, 0.717) is 32.5 Å². The second-order valence-electron chi connectivity index (χ2n) is 6.72. The van der Waals surface area contributed by atoms with Crippen LogP contribution in [0.1, 0.15) is 30.1 Å². The first-order valence-corrected chi connectivity index (χ1v) is 10.0. The van der Waals surface area contributed by atoms with E-state index in [-0.39, 0.29) is 39.8 Å². The van der Waals surface area contributed by atoms with Crippen molar-refractivity contribution >= 4 is 40.8 Å². The Morgan fingerprint density at radius 2 is 2.00 bits per heavy atom. The number of carbonyl (C=O) groups is 2. The minimum Gasteiger partial charge on any atom is -0.466 e. The predicted octanol–water partition coefficient (Wildman–Crippen LogP) is 2.57. The van der Waals surface area contributed by atoms with Crippen molar-refractivity contribution in [1.29, 1.82) is 0 Å². The highest BCUT2D eigenvalue weighted by Gasteiger charge is 2.32. The van der Waals surface area contributed by atoms with Gasteiger partial charge in [-0.15, -0.1) is 0 Å². The molecular formula is C19H21ClN6O5. The average molecular weight is 449 g/mol. The molecule has 2 heterocycles. The molecule has 0 atom stereocenters. The van der Waals surface area contributed by atoms with Gasteiger partial charge in [0, 0.05) is 13.1 Å². The lowest BCUT2D eigenvalue weighted by Crippen LogP contribution is -2.38. The van der Waals surface area contributed by atoms with Gasteiger partial charge in [0.15, 0.2) is 0 Å². The van der Waals surface area contributed by atoms with Crippen LogP contribution in [0.2, 0.25) is 5.02 Å². The SMILES string of the molecule is CCOC(=O)C1CCN(c2ncnc(NNC(=O)c3ccccc3Cl)c2[N+](=O)[O-])CC1. The molecule has 1 aliphatic heterocycles. The van der Waals surface area contributed by atoms with Gasteiger partial charge in [-0.3, -0.25) is 30.6 Å². The van der Waals surface area contributed by atoms with Crippen molar-refractivity contribution in [1.82, 2.24) is 15.4 Å². The fraction of sp³-hybridized carbons (Fsp3) is 0.368. The first-order chi connectivity index (χ1) is 14.9. The number of nitro groups is 1. The molecule has 0 unspecified atom stereocenters. The minimum absolute atomic E-state index is 0.108. The number of piperidine rings is 1. The summed E-state index contributed by atoms with van der Waals surface area (Å²) >= 11 is 6.00. The van der Waals surface area contributed by atoms with Crippen LogP contribution >= 0.6 is 11.6 Å². The Balaban J connectivity index is 1.74. The van der Waals surface area contributed by atoms with Gasteiger partial charge in [0.05, 0.1) is 28.0 Å². The van der Waals surface area contributed by atoms with Crippen molar-refractivity contribution in [2.45, 2.75) is 19.8 Å². The fourth-order valence-corrected chi connectivity index (χ4v) is 3.50. The van der Waals surface area contributed by atoms with Crippen molar-refractivity contribution in [3.8, 4) is 0 Å². The van der Waals surface area contributed by atoms with Gasteiger partial charge in [0.25, 0.3) is 5.91 Å². The number of ether oxygens (including phenoxy) is 1. The zero-order valence-corrected chi connectivity index (χ0v) is 17.5. The van der Waals surface area contributed by atoms with Crippen LogP contribution in [-0.2, 0) is 9.53 Å². The largest absolute Gasteiger partial charge is 0.466 e. The number of aromatic nitrogens is 2. The number of esters is 1. The lowest BCUT2D eigenvalue weighted by molar-refractivity contribution is -0.383. The second kappa shape index (κ2) is 10.0. The summed E-state index contributed by atoms with van der Waals surface area (Å²) in [4.78, 5) is 45.1. The number of hydrogen-bond acceptors (Lipinski definition) is 9. The lowest BCUT2D eigenvalue weighted by Gasteiger charge is -2.31. The van der Waals surface area contributed by atoms with Crippen molar-refractivity contribution in [3.63, 3.8) is 0 Å². The van der Waals surface area contributed by atoms with E-state index in [2.05, 4.69) is 20.8 Å². The number of carbonyl (C=O) groups excluding carboxylic acids is 2. The molecule has 1 saturated heterocycles. The molecule has 2 aromatic rings. The molecule has 12 heteroatoms. The number of hydrazine groups is 1. The van der Waals surface area contributed by atoms with Crippen LogP contribution in [-0.4, -0.2) is 46.5 Å². The van der Waals surface area contributed by atoms with Crippen LogP contribution in [0.5, 0.6) is 0 Å². The number of anilines is 2. The Labute approximate surface area is 182 Å². The van der Waals surface area contributed by atoms with Crippen molar-refractivity contribution in [3.05, 3.63) is 51.3 Å². The Morgan fingerprint density at radius 1 is 1.29 bits per heavy atom. The van der Waals surface area contributed by atoms with Crippen LogP contribution < -0.4 is 15.8 Å². The molecule has 0 spiro atoms. The van der Waals surface area contributed by atoms with Gasteiger partial charge in [-0.1, -0.05) is 23.7 Å². The third-order valence-electron chi connectivity index (χ3n) is 4.81. The topological polar surface area (TPSA) is 140 Å². The standard InChI is InChI=1S/C19H21ClN6O5/c1-2-31-19(28)12-7-9-25(10-8-12)17-15(26(29)30)16(21-11-22-17)23-24-18(27)13-5-3-4-6-14(13)20/h3-6,11-12H,2,7-10H2,1H3,(H,24,27)(H,21,22,23). The maximum Gasteiger partial charge on any atom is 0.355 e. The Morgan fingerprint density at radius 3 is 2.65 bits per heavy atom. The first-order valence-electron chi connectivity index (χ1n) is 9.64. The number of halogens is 1. The van der Waals surface area contributed by atoms with Gasteiger partial charge >= 0.3 is 11.7 Å². The summed E-state index contributed by atoms with van der Waals surface area (Å²) in [5, 5.41) is 12.0. The van der Waals surface area contributed by atoms with Crippen LogP contribution in [0, 0.1) is 16.0 Å². The zero-order chi connectivity index (χ0) is 22.4. The highest BCUT2D eigenvalue weighted by atomic mass is 35.5. The normalized spacial score (nSPS) is 14.1. The van der Waals surface area contributed by atoms with Crippen LogP contribution in [0.4, 0.5) is 17.3 Å². The summed E-state index contributed by atoms with van der Waals surface area (Å²) in [5.74, 6) is -1.14. The lowest BCUT2D eigenvalue weighted by atomic mass is 9.97. The number of amides is 1. The number of hydrogen-bond donors (Lipinski definition) is 2. The van der Waals surface area contributed by atoms with Crippen molar-refractivity contribution in [2.24, 2.45) is 5.92 Å². The summed E-state index contributed by atoms with van der Waals surface area (Å²) in [5.41, 5.74) is 4.69. The van der Waals surface area contributed by atoms with Gasteiger partial charge in [-0.2, -0.15) is 0 Å². The predicted molar refractivity (Wildman–Crippen MR) is 113 cm³/mol. The van der Waals surface area contributed by atoms with E-state index in [1.165, 1.54) is 12.4 Å². The van der Waals surface area contributed by atoms with Gasteiger partial charge in [0.1, 0.15) is 6.33 Å². The van der Waals surface area contributed by atoms with E-state index in [1.54, 1.807) is 30.0 Å². The molecule has 1 aliphatic rings. The quantitative estimate of drug-likeness (QED) is 0.371. The summed E-state index contributed by atoms with van der Waals surface area (Å²) in [6.45, 7) is 2.85. The molecule has 1 aromatic carbocycles. The second-order valence-corrected chi connectivity index (χ2v) is 7.13. The Hall–Kier alpha value is -3.47. The Bertz CT molecular complexity index is 980. The van der Waals surface area contributed by atoms with Gasteiger partial charge in [-0.05, 0) is 31.9 Å². The number of benzene rings is 1. The highest BCUT2D eigenvalue weighted by molar-refractivity contribution is 6.33. The van der Waals surface area contributed by atoms with E-state index >= 15 is 0 Å². The van der Waals surface area contributed by atoms with Crippen LogP contribution in [0.3, 0.4) is 0 Å². The molecule has 2 N–H and O–H groups in total. The average Bonchev–Trinajstić information content (AvgIpc) is 2.77. The van der Waals surface area contributed by atoms with Crippen molar-refractivity contribution < 1.29 is 19.2 Å². The van der Waals surface area contributed by atoms with E-state index in [0.717, 1.165) is 0 Å². The van der Waals surface area contributed by atoms with E-state index in [4.69, 9.17) is 16.3 Å². The molecule has 31 heavy (non-hydrogen) atoms. The molecule has 0 aliphatic carbocycles. The molecule has 0 radical (unpaired) electrons. The molecule has 1 amide bonds. The molecular weight excluding hydrogens is 428 g/mol. The van der Waals surface area contributed by atoms with E-state index in [9.17, 15) is 19.7 Å². The highest BCUT2D eigenvalue weighted by Crippen LogP contribution is 2.34. The third kappa shape index (κ3) is 5.18. The monoisotopic (exact) mass is 448 g/mol. The van der Waals surface area contributed by atoms with E-state index < -0.39 is 10.8 Å². The molecule has 1 fully saturated rings. The Kier molecular flexibility index (Phi) is 7.19. The van der Waals surface area contributed by atoms with Gasteiger partial charge in [-0.25, -0.2) is 9.97 Å². The van der Waals surface area contributed by atoms with Crippen molar-refractivity contribution in [2.75, 3.05) is 30.0 Å². The zero-order valence-electron chi connectivity index (χ0n) is 16.7. The minimum atomic E-state index is -0.614. The molecule has 0 bridgehead atoms. The molecule has 3 rings (SSSR count). The number of nitrogens with one attached hydrogen (secondary N) is 2. The summed E-state index contributed by atoms with van der Waals surface area (Å²) in [6.07, 6.45) is 2.15. The number of rotatable bonds is 7.